The topological polar surface area (TPSA) is 87.3 Å². The van der Waals surface area contributed by atoms with Gasteiger partial charge in [0.15, 0.2) is 0 Å². The average molecular weight is 450 g/mol. The van der Waals surface area contributed by atoms with Crippen molar-refractivity contribution in [2.75, 3.05) is 18.4 Å². The third kappa shape index (κ3) is 8.05. The van der Waals surface area contributed by atoms with E-state index in [1.54, 1.807) is 0 Å². The summed E-state index contributed by atoms with van der Waals surface area (Å²) in [5.74, 6) is -1.35. The van der Waals surface area contributed by atoms with Gasteiger partial charge in [-0.2, -0.15) is 0 Å². The summed E-state index contributed by atoms with van der Waals surface area (Å²) in [6, 6.07) is 12.1. The van der Waals surface area contributed by atoms with E-state index in [1.165, 1.54) is 36.6 Å². The highest BCUT2D eigenvalue weighted by Gasteiger charge is 2.12. The van der Waals surface area contributed by atoms with Crippen molar-refractivity contribution in [1.29, 1.82) is 0 Å². The minimum atomic E-state index is -0.504. The first kappa shape index (κ1) is 23.7. The van der Waals surface area contributed by atoms with Gasteiger partial charge < -0.3 is 16.0 Å². The Morgan fingerprint density at radius 1 is 0.867 bits per heavy atom. The molecular weight excluding hydrogens is 425 g/mol. The van der Waals surface area contributed by atoms with Crippen LogP contribution in [0.2, 0.25) is 10.0 Å². The Kier molecular flexibility index (Phi) is 9.64. The highest BCUT2D eigenvalue weighted by Crippen LogP contribution is 2.20. The normalized spacial score (nSPS) is 10.4. The summed E-state index contributed by atoms with van der Waals surface area (Å²) < 4.78 is 0. The van der Waals surface area contributed by atoms with E-state index in [1.807, 2.05) is 24.3 Å². The van der Waals surface area contributed by atoms with Crippen LogP contribution in [0.5, 0.6) is 0 Å². The van der Waals surface area contributed by atoms with Crippen molar-refractivity contribution in [3.8, 4) is 0 Å². The molecule has 8 heteroatoms. The molecule has 0 saturated carbocycles. The Hall–Kier alpha value is -2.57. The SMILES string of the molecule is CCCCCc1ccc(NC(=O)CNC(=O)CNC(=O)c2ccc(Cl)cc2Cl)cc1. The van der Waals surface area contributed by atoms with E-state index in [2.05, 4.69) is 22.9 Å². The quantitative estimate of drug-likeness (QED) is 0.474. The third-order valence-corrected chi connectivity index (χ3v) is 4.89. The first-order valence-corrected chi connectivity index (χ1v) is 10.5. The molecule has 0 unspecified atom stereocenters. The van der Waals surface area contributed by atoms with Gasteiger partial charge in [-0.25, -0.2) is 0 Å². The number of carbonyl (C=O) groups excluding carboxylic acids is 3. The Balaban J connectivity index is 1.71. The van der Waals surface area contributed by atoms with E-state index in [9.17, 15) is 14.4 Å². The van der Waals surface area contributed by atoms with Gasteiger partial charge in [-0.3, -0.25) is 14.4 Å². The van der Waals surface area contributed by atoms with Gasteiger partial charge in [-0.05, 0) is 48.7 Å². The maximum absolute atomic E-state index is 12.1. The van der Waals surface area contributed by atoms with Crippen molar-refractivity contribution < 1.29 is 14.4 Å². The number of anilines is 1. The first-order valence-electron chi connectivity index (χ1n) is 9.77. The lowest BCUT2D eigenvalue weighted by atomic mass is 10.1. The van der Waals surface area contributed by atoms with Gasteiger partial charge in [0.25, 0.3) is 5.91 Å². The fourth-order valence-electron chi connectivity index (χ4n) is 2.71. The predicted molar refractivity (Wildman–Crippen MR) is 120 cm³/mol. The summed E-state index contributed by atoms with van der Waals surface area (Å²) in [4.78, 5) is 36.0. The van der Waals surface area contributed by atoms with Gasteiger partial charge in [0.05, 0.1) is 23.7 Å². The summed E-state index contributed by atoms with van der Waals surface area (Å²) in [5.41, 5.74) is 2.11. The fourth-order valence-corrected chi connectivity index (χ4v) is 3.20. The van der Waals surface area contributed by atoms with E-state index >= 15 is 0 Å². The van der Waals surface area contributed by atoms with Crippen molar-refractivity contribution in [3.63, 3.8) is 0 Å². The minimum Gasteiger partial charge on any atom is -0.345 e. The molecule has 0 atom stereocenters. The maximum atomic E-state index is 12.1. The number of aryl methyl sites for hydroxylation is 1. The second-order valence-electron chi connectivity index (χ2n) is 6.79. The molecule has 0 aliphatic rings. The zero-order valence-corrected chi connectivity index (χ0v) is 18.3. The standard InChI is InChI=1S/C22H25Cl2N3O3/c1-2-3-4-5-15-6-9-17(10-7-15)27-21(29)14-25-20(28)13-26-22(30)18-11-8-16(23)12-19(18)24/h6-12H,2-5,13-14H2,1H3,(H,25,28)(H,26,30)(H,27,29). The molecule has 160 valence electrons. The van der Waals surface area contributed by atoms with Crippen molar-refractivity contribution in [3.05, 3.63) is 63.6 Å². The monoisotopic (exact) mass is 449 g/mol. The second kappa shape index (κ2) is 12.2. The third-order valence-electron chi connectivity index (χ3n) is 4.34. The summed E-state index contributed by atoms with van der Waals surface area (Å²) in [7, 11) is 0. The molecule has 30 heavy (non-hydrogen) atoms. The number of amides is 3. The summed E-state index contributed by atoms with van der Waals surface area (Å²) in [6.07, 6.45) is 4.55. The van der Waals surface area contributed by atoms with E-state index < -0.39 is 11.8 Å². The van der Waals surface area contributed by atoms with Crippen molar-refractivity contribution in [2.45, 2.75) is 32.6 Å². The number of benzene rings is 2. The van der Waals surface area contributed by atoms with Crippen LogP contribution in [0.15, 0.2) is 42.5 Å². The van der Waals surface area contributed by atoms with Crippen LogP contribution in [0.4, 0.5) is 5.69 Å². The van der Waals surface area contributed by atoms with E-state index in [0.29, 0.717) is 10.7 Å². The largest absolute Gasteiger partial charge is 0.345 e. The zero-order valence-electron chi connectivity index (χ0n) is 16.8. The predicted octanol–water partition coefficient (Wildman–Crippen LogP) is 4.21. The summed E-state index contributed by atoms with van der Waals surface area (Å²) in [6.45, 7) is 1.69. The summed E-state index contributed by atoms with van der Waals surface area (Å²) >= 11 is 11.8. The van der Waals surface area contributed by atoms with Crippen LogP contribution in [-0.4, -0.2) is 30.8 Å². The average Bonchev–Trinajstić information content (AvgIpc) is 2.72. The molecule has 0 saturated heterocycles. The Bertz CT molecular complexity index is 886. The molecule has 0 aliphatic carbocycles. The minimum absolute atomic E-state index is 0.191. The number of nitrogens with one attached hydrogen (secondary N) is 3. The highest BCUT2D eigenvalue weighted by atomic mass is 35.5. The molecule has 0 aliphatic heterocycles. The van der Waals surface area contributed by atoms with Crippen LogP contribution in [0.25, 0.3) is 0 Å². The lowest BCUT2D eigenvalue weighted by molar-refractivity contribution is -0.123. The molecule has 0 heterocycles. The molecule has 6 nitrogen and oxygen atoms in total. The van der Waals surface area contributed by atoms with Gasteiger partial charge in [-0.15, -0.1) is 0 Å². The van der Waals surface area contributed by atoms with E-state index in [-0.39, 0.29) is 29.6 Å². The molecule has 3 N–H and O–H groups in total. The zero-order chi connectivity index (χ0) is 21.9. The Morgan fingerprint density at radius 3 is 2.23 bits per heavy atom. The van der Waals surface area contributed by atoms with Crippen LogP contribution >= 0.6 is 23.2 Å². The van der Waals surface area contributed by atoms with Crippen LogP contribution in [0.3, 0.4) is 0 Å². The van der Waals surface area contributed by atoms with Crippen molar-refractivity contribution in [1.82, 2.24) is 10.6 Å². The lowest BCUT2D eigenvalue weighted by Crippen LogP contribution is -2.40. The van der Waals surface area contributed by atoms with E-state index in [0.717, 1.165) is 12.8 Å². The fraction of sp³-hybridized carbons (Fsp3) is 0.318. The number of unbranched alkanes of at least 4 members (excludes halogenated alkanes) is 2. The number of halogens is 2. The highest BCUT2D eigenvalue weighted by molar-refractivity contribution is 6.36. The van der Waals surface area contributed by atoms with Gasteiger partial charge >= 0.3 is 0 Å². The van der Waals surface area contributed by atoms with Crippen LogP contribution in [0, 0.1) is 0 Å². The lowest BCUT2D eigenvalue weighted by Gasteiger charge is -2.09. The van der Waals surface area contributed by atoms with Gasteiger partial charge in [0, 0.05) is 10.7 Å². The van der Waals surface area contributed by atoms with Gasteiger partial charge in [0.1, 0.15) is 0 Å². The van der Waals surface area contributed by atoms with Crippen LogP contribution in [0.1, 0.15) is 42.1 Å². The molecule has 0 fully saturated rings. The molecule has 2 aromatic rings. The summed E-state index contributed by atoms with van der Waals surface area (Å²) in [5, 5.41) is 8.23. The molecular formula is C22H25Cl2N3O3. The molecule has 0 bridgehead atoms. The van der Waals surface area contributed by atoms with Crippen LogP contribution in [-0.2, 0) is 16.0 Å². The molecule has 0 aromatic heterocycles. The number of hydrogen-bond acceptors (Lipinski definition) is 3. The number of rotatable bonds is 10. The number of carbonyl (C=O) groups is 3. The molecule has 0 radical (unpaired) electrons. The molecule has 0 spiro atoms. The van der Waals surface area contributed by atoms with Crippen LogP contribution < -0.4 is 16.0 Å². The molecule has 2 aromatic carbocycles. The molecule has 2 rings (SSSR count). The van der Waals surface area contributed by atoms with Gasteiger partial charge in [0.2, 0.25) is 11.8 Å². The van der Waals surface area contributed by atoms with Crippen molar-refractivity contribution in [2.24, 2.45) is 0 Å². The Morgan fingerprint density at radius 2 is 1.57 bits per heavy atom. The second-order valence-corrected chi connectivity index (χ2v) is 7.63. The maximum Gasteiger partial charge on any atom is 0.253 e. The Labute approximate surface area is 186 Å². The molecule has 3 amide bonds. The van der Waals surface area contributed by atoms with Crippen molar-refractivity contribution >= 4 is 46.6 Å². The van der Waals surface area contributed by atoms with E-state index in [4.69, 9.17) is 23.2 Å². The van der Waals surface area contributed by atoms with Gasteiger partial charge in [-0.1, -0.05) is 55.1 Å². The number of hydrogen-bond donors (Lipinski definition) is 3. The first-order chi connectivity index (χ1) is 14.4. The smallest absolute Gasteiger partial charge is 0.253 e.